The Balaban J connectivity index is 1.53. The molecule has 0 aliphatic heterocycles. The normalized spacial score (nSPS) is 12.9. The molecule has 2 heterocycles. The van der Waals surface area contributed by atoms with Crippen molar-refractivity contribution in [2.75, 3.05) is 11.4 Å². The van der Waals surface area contributed by atoms with Crippen LogP contribution >= 0.6 is 0 Å². The first-order chi connectivity index (χ1) is 25.8. The van der Waals surface area contributed by atoms with Gasteiger partial charge >= 0.3 is 0 Å². The lowest BCUT2D eigenvalue weighted by molar-refractivity contribution is 0.446. The van der Waals surface area contributed by atoms with Gasteiger partial charge in [-0.1, -0.05) is 117 Å². The highest BCUT2D eigenvalue weighted by molar-refractivity contribution is 5.96. The summed E-state index contributed by atoms with van der Waals surface area (Å²) in [7, 11) is 2.05. The van der Waals surface area contributed by atoms with E-state index < -0.39 is 0 Å². The highest BCUT2D eigenvalue weighted by Crippen LogP contribution is 2.44. The first kappa shape index (κ1) is 39.3. The third-order valence-electron chi connectivity index (χ3n) is 10.8. The van der Waals surface area contributed by atoms with Gasteiger partial charge in [0, 0.05) is 53.4 Å². The molecule has 0 saturated carbocycles. The lowest BCUT2D eigenvalue weighted by Crippen LogP contribution is -2.21. The van der Waals surface area contributed by atoms with Gasteiger partial charge in [0.1, 0.15) is 11.6 Å². The number of imidazole rings is 1. The zero-order valence-corrected chi connectivity index (χ0v) is 35.0. The van der Waals surface area contributed by atoms with E-state index in [1.807, 2.05) is 25.4 Å². The van der Waals surface area contributed by atoms with E-state index in [9.17, 15) is 5.11 Å². The number of fused-ring (bicyclic) bond motifs is 1. The van der Waals surface area contributed by atoms with Crippen molar-refractivity contribution >= 4 is 22.3 Å². The second kappa shape index (κ2) is 14.7. The van der Waals surface area contributed by atoms with E-state index in [0.717, 1.165) is 79.4 Å². The van der Waals surface area contributed by atoms with E-state index in [-0.39, 0.29) is 22.0 Å². The number of phenolic OH excluding ortho intramolecular Hbond substituents is 1. The summed E-state index contributed by atoms with van der Waals surface area (Å²) in [4.78, 5) is 12.6. The summed E-state index contributed by atoms with van der Waals surface area (Å²) in [6.45, 7) is 29.3. The molecule has 6 rings (SSSR count). The number of hydrogen-bond donors (Lipinski definition) is 1. The summed E-state index contributed by atoms with van der Waals surface area (Å²) < 4.78 is 2.12. The van der Waals surface area contributed by atoms with Gasteiger partial charge in [0.25, 0.3) is 0 Å². The molecule has 0 saturated heterocycles. The van der Waals surface area contributed by atoms with Gasteiger partial charge in [-0.25, -0.2) is 4.98 Å². The summed E-state index contributed by atoms with van der Waals surface area (Å²) in [5.74, 6) is 1.03. The number of phenols is 1. The molecule has 0 fully saturated rings. The number of pyridine rings is 1. The van der Waals surface area contributed by atoms with Crippen LogP contribution in [0, 0.1) is 0 Å². The fraction of sp³-hybridized carbons (Fsp3) is 0.320. The molecule has 284 valence electrons. The minimum absolute atomic E-state index is 0.106. The number of anilines is 1. The largest absolute Gasteiger partial charge is 0.507 e. The van der Waals surface area contributed by atoms with Crippen molar-refractivity contribution < 1.29 is 5.11 Å². The number of aryl methyl sites for hydroxylation is 1. The highest BCUT2D eigenvalue weighted by atomic mass is 16.3. The zero-order chi connectivity index (χ0) is 40.0. The minimum Gasteiger partial charge on any atom is -0.507 e. The lowest BCUT2D eigenvalue weighted by Gasteiger charge is -2.27. The standard InChI is InChI=1S/C50H58N4O/c1-14-39(32(3)54(15-2)38-20-17-16-18-21-38)33-24-25-51-43(29-33)35-26-34(27-36(28-35)48(4,5)6)40-22-19-23-44-45(40)52-47(53(44)13)41-30-37(49(7,8)9)31-42(46(41)55)50(10,11)12/h14,16-31,55H,1,15H2,2-13H3/b39-32-. The number of para-hydroxylation sites is 2. The molecule has 6 aromatic rings. The predicted molar refractivity (Wildman–Crippen MR) is 235 cm³/mol. The van der Waals surface area contributed by atoms with Crippen molar-refractivity contribution in [2.45, 2.75) is 92.4 Å². The van der Waals surface area contributed by atoms with Crippen molar-refractivity contribution in [2.24, 2.45) is 7.05 Å². The van der Waals surface area contributed by atoms with Crippen molar-refractivity contribution in [3.8, 4) is 39.5 Å². The minimum atomic E-state index is -0.247. The Bertz CT molecular complexity index is 2410. The average molecular weight is 731 g/mol. The van der Waals surface area contributed by atoms with Crippen LogP contribution in [0.15, 0.2) is 116 Å². The van der Waals surface area contributed by atoms with Gasteiger partial charge in [-0.3, -0.25) is 4.98 Å². The van der Waals surface area contributed by atoms with Crippen molar-refractivity contribution in [3.05, 3.63) is 138 Å². The molecule has 0 aliphatic rings. The lowest BCUT2D eigenvalue weighted by atomic mass is 9.79. The number of allylic oxidation sites excluding steroid dienone is 3. The third kappa shape index (κ3) is 7.76. The Kier molecular flexibility index (Phi) is 10.5. The topological polar surface area (TPSA) is 54.2 Å². The number of benzene rings is 4. The molecular formula is C50H58N4O. The molecule has 0 spiro atoms. The summed E-state index contributed by atoms with van der Waals surface area (Å²) in [6.07, 6.45) is 3.86. The van der Waals surface area contributed by atoms with Gasteiger partial charge in [0.2, 0.25) is 0 Å². The maximum absolute atomic E-state index is 11.8. The molecule has 0 bridgehead atoms. The SMILES string of the molecule is C=C/C(=C(\C)N(CC)c1ccccc1)c1ccnc(-c2cc(-c3cccc4c3nc(-c3cc(C(C)(C)C)cc(C(C)(C)C)c3O)n4C)cc(C(C)(C)C)c2)c1. The second-order valence-electron chi connectivity index (χ2n) is 17.8. The van der Waals surface area contributed by atoms with Gasteiger partial charge in [-0.05, 0) is 101 Å². The van der Waals surface area contributed by atoms with Crippen LogP contribution in [0.25, 0.3) is 50.4 Å². The summed E-state index contributed by atoms with van der Waals surface area (Å²) in [5.41, 5.74) is 14.0. The molecule has 0 aliphatic carbocycles. The quantitative estimate of drug-likeness (QED) is 0.158. The summed E-state index contributed by atoms with van der Waals surface area (Å²) in [5, 5.41) is 11.8. The van der Waals surface area contributed by atoms with Crippen LogP contribution in [0.2, 0.25) is 0 Å². The van der Waals surface area contributed by atoms with E-state index in [0.29, 0.717) is 0 Å². The molecule has 4 aromatic carbocycles. The molecule has 0 atom stereocenters. The molecular weight excluding hydrogens is 673 g/mol. The van der Waals surface area contributed by atoms with Gasteiger partial charge in [0.05, 0.1) is 22.3 Å². The maximum atomic E-state index is 11.8. The Labute approximate surface area is 329 Å². The molecule has 55 heavy (non-hydrogen) atoms. The number of aromatic nitrogens is 3. The molecule has 5 heteroatoms. The van der Waals surface area contributed by atoms with Gasteiger partial charge in [-0.15, -0.1) is 0 Å². The zero-order valence-electron chi connectivity index (χ0n) is 35.0. The van der Waals surface area contributed by atoms with Gasteiger partial charge in [-0.2, -0.15) is 0 Å². The van der Waals surface area contributed by atoms with Crippen LogP contribution in [-0.2, 0) is 23.3 Å². The first-order valence-corrected chi connectivity index (χ1v) is 19.5. The molecule has 0 amide bonds. The summed E-state index contributed by atoms with van der Waals surface area (Å²) >= 11 is 0. The Morgan fingerprint density at radius 1 is 0.764 bits per heavy atom. The molecule has 0 radical (unpaired) electrons. The fourth-order valence-electron chi connectivity index (χ4n) is 7.46. The van der Waals surface area contributed by atoms with E-state index in [4.69, 9.17) is 9.97 Å². The van der Waals surface area contributed by atoms with Crippen LogP contribution < -0.4 is 4.90 Å². The van der Waals surface area contributed by atoms with E-state index >= 15 is 0 Å². The van der Waals surface area contributed by atoms with E-state index in [1.165, 1.54) is 11.1 Å². The number of aromatic hydroxyl groups is 1. The van der Waals surface area contributed by atoms with Crippen LogP contribution in [0.3, 0.4) is 0 Å². The Morgan fingerprint density at radius 3 is 2.04 bits per heavy atom. The van der Waals surface area contributed by atoms with Crippen LogP contribution in [-0.4, -0.2) is 26.2 Å². The van der Waals surface area contributed by atoms with Crippen molar-refractivity contribution in [1.29, 1.82) is 0 Å². The molecule has 5 nitrogen and oxygen atoms in total. The second-order valence-corrected chi connectivity index (χ2v) is 17.8. The first-order valence-electron chi connectivity index (χ1n) is 19.5. The molecule has 1 N–H and O–H groups in total. The van der Waals surface area contributed by atoms with E-state index in [1.54, 1.807) is 0 Å². The smallest absolute Gasteiger partial charge is 0.144 e. The van der Waals surface area contributed by atoms with Crippen LogP contribution in [0.1, 0.15) is 98.4 Å². The molecule has 0 unspecified atom stereocenters. The van der Waals surface area contributed by atoms with E-state index in [2.05, 4.69) is 177 Å². The van der Waals surface area contributed by atoms with Gasteiger partial charge in [0.15, 0.2) is 0 Å². The van der Waals surface area contributed by atoms with Crippen LogP contribution in [0.5, 0.6) is 5.75 Å². The van der Waals surface area contributed by atoms with Crippen molar-refractivity contribution in [3.63, 3.8) is 0 Å². The third-order valence-corrected chi connectivity index (χ3v) is 10.8. The number of nitrogens with zero attached hydrogens (tertiary/aromatic N) is 4. The Morgan fingerprint density at radius 2 is 1.42 bits per heavy atom. The van der Waals surface area contributed by atoms with Crippen molar-refractivity contribution in [1.82, 2.24) is 14.5 Å². The highest BCUT2D eigenvalue weighted by Gasteiger charge is 2.28. The number of hydrogen-bond acceptors (Lipinski definition) is 4. The average Bonchev–Trinajstić information content (AvgIpc) is 3.47. The summed E-state index contributed by atoms with van der Waals surface area (Å²) in [6, 6.07) is 32.2. The fourth-order valence-corrected chi connectivity index (χ4v) is 7.46. The predicted octanol–water partition coefficient (Wildman–Crippen LogP) is 13.0. The van der Waals surface area contributed by atoms with Gasteiger partial charge < -0.3 is 14.6 Å². The molecule has 2 aromatic heterocycles. The monoisotopic (exact) mass is 730 g/mol. The Hall–Kier alpha value is -5.42. The van der Waals surface area contributed by atoms with Crippen LogP contribution in [0.4, 0.5) is 5.69 Å². The number of rotatable bonds is 8. The maximum Gasteiger partial charge on any atom is 0.144 e.